The molecule has 0 aromatic carbocycles. The highest BCUT2D eigenvalue weighted by Crippen LogP contribution is 2.31. The van der Waals surface area contributed by atoms with Crippen molar-refractivity contribution in [3.05, 3.63) is 40.4 Å². The van der Waals surface area contributed by atoms with Gasteiger partial charge in [-0.2, -0.15) is 0 Å². The molecular weight excluding hydrogens is 288 g/mol. The highest BCUT2D eigenvalue weighted by Gasteiger charge is 2.08. The van der Waals surface area contributed by atoms with Crippen LogP contribution in [0, 0.1) is 0 Å². The summed E-state index contributed by atoms with van der Waals surface area (Å²) in [6, 6.07) is 7.37. The van der Waals surface area contributed by atoms with Gasteiger partial charge < -0.3 is 5.11 Å². The number of aromatic hydroxyl groups is 1. The summed E-state index contributed by atoms with van der Waals surface area (Å²) in [7, 11) is 0. The van der Waals surface area contributed by atoms with E-state index in [2.05, 4.69) is 20.9 Å². The summed E-state index contributed by atoms with van der Waals surface area (Å²) < 4.78 is 3.04. The molecule has 3 aromatic heterocycles. The van der Waals surface area contributed by atoms with Gasteiger partial charge in [-0.15, -0.1) is 11.3 Å². The normalized spacial score (nSPS) is 11.1. The maximum atomic E-state index is 9.37. The number of aromatic nitrogens is 2. The third-order valence-corrected chi connectivity index (χ3v) is 3.93. The van der Waals surface area contributed by atoms with Crippen LogP contribution in [0.4, 0.5) is 0 Å². The highest BCUT2D eigenvalue weighted by molar-refractivity contribution is 9.11. The molecule has 3 nitrogen and oxygen atoms in total. The summed E-state index contributed by atoms with van der Waals surface area (Å²) >= 11 is 5.07. The minimum atomic E-state index is 0.256. The molecule has 0 bridgehead atoms. The van der Waals surface area contributed by atoms with E-state index in [-0.39, 0.29) is 5.75 Å². The van der Waals surface area contributed by atoms with Crippen LogP contribution >= 0.6 is 27.3 Å². The van der Waals surface area contributed by atoms with Crippen LogP contribution in [0.3, 0.4) is 0 Å². The number of imidazole rings is 1. The molecule has 3 rings (SSSR count). The Bertz CT molecular complexity index is 659. The SMILES string of the molecule is Oc1ccn2c(-c3ccc(Br)s3)ncc2c1. The summed E-state index contributed by atoms with van der Waals surface area (Å²) in [6.07, 6.45) is 3.57. The molecule has 80 valence electrons. The Balaban J connectivity index is 2.25. The number of pyridine rings is 1. The zero-order valence-corrected chi connectivity index (χ0v) is 10.5. The van der Waals surface area contributed by atoms with Gasteiger partial charge in [0.1, 0.15) is 5.75 Å². The number of halogens is 1. The molecule has 3 heterocycles. The molecule has 0 fully saturated rings. The Morgan fingerprint density at radius 3 is 2.94 bits per heavy atom. The van der Waals surface area contributed by atoms with E-state index in [9.17, 15) is 5.11 Å². The number of nitrogens with zero attached hydrogens (tertiary/aromatic N) is 2. The summed E-state index contributed by atoms with van der Waals surface area (Å²) in [4.78, 5) is 5.46. The average molecular weight is 295 g/mol. The van der Waals surface area contributed by atoms with Crippen molar-refractivity contribution in [2.75, 3.05) is 0 Å². The predicted molar refractivity (Wildman–Crippen MR) is 67.9 cm³/mol. The topological polar surface area (TPSA) is 37.5 Å². The van der Waals surface area contributed by atoms with Gasteiger partial charge in [-0.3, -0.25) is 4.40 Å². The van der Waals surface area contributed by atoms with Crippen LogP contribution in [0.1, 0.15) is 0 Å². The van der Waals surface area contributed by atoms with E-state index in [4.69, 9.17) is 0 Å². The first-order chi connectivity index (χ1) is 7.74. The Morgan fingerprint density at radius 2 is 2.19 bits per heavy atom. The van der Waals surface area contributed by atoms with Crippen molar-refractivity contribution >= 4 is 32.8 Å². The zero-order valence-electron chi connectivity index (χ0n) is 8.09. The Hall–Kier alpha value is -1.33. The third-order valence-electron chi connectivity index (χ3n) is 2.31. The van der Waals surface area contributed by atoms with E-state index >= 15 is 0 Å². The largest absolute Gasteiger partial charge is 0.508 e. The van der Waals surface area contributed by atoms with Crippen molar-refractivity contribution in [2.24, 2.45) is 0 Å². The van der Waals surface area contributed by atoms with Crippen molar-refractivity contribution in [3.63, 3.8) is 0 Å². The summed E-state index contributed by atoms with van der Waals surface area (Å²) in [5.74, 6) is 1.15. The maximum Gasteiger partial charge on any atom is 0.154 e. The fourth-order valence-electron chi connectivity index (χ4n) is 1.60. The van der Waals surface area contributed by atoms with Crippen LogP contribution in [0.25, 0.3) is 16.2 Å². The van der Waals surface area contributed by atoms with Crippen LogP contribution < -0.4 is 0 Å². The standard InChI is InChI=1S/C11H7BrN2OS/c12-10-2-1-9(16-10)11-13-6-7-5-8(15)3-4-14(7)11/h1-6,15H. The zero-order chi connectivity index (χ0) is 11.1. The number of hydrogen-bond acceptors (Lipinski definition) is 3. The number of hydrogen-bond donors (Lipinski definition) is 1. The lowest BCUT2D eigenvalue weighted by Crippen LogP contribution is -1.85. The molecule has 0 unspecified atom stereocenters. The smallest absolute Gasteiger partial charge is 0.154 e. The Labute approximate surface area is 104 Å². The molecule has 0 spiro atoms. The van der Waals surface area contributed by atoms with Gasteiger partial charge in [-0.1, -0.05) is 0 Å². The molecular formula is C11H7BrN2OS. The molecule has 1 N–H and O–H groups in total. The molecule has 0 aliphatic heterocycles. The lowest BCUT2D eigenvalue weighted by atomic mass is 10.4. The molecule has 5 heteroatoms. The second-order valence-electron chi connectivity index (χ2n) is 3.37. The summed E-state index contributed by atoms with van der Waals surface area (Å²) in [5.41, 5.74) is 0.888. The Morgan fingerprint density at radius 1 is 1.31 bits per heavy atom. The molecule has 16 heavy (non-hydrogen) atoms. The molecule has 0 amide bonds. The van der Waals surface area contributed by atoms with Crippen molar-refractivity contribution in [3.8, 4) is 16.5 Å². The van der Waals surface area contributed by atoms with Crippen molar-refractivity contribution in [1.29, 1.82) is 0 Å². The number of rotatable bonds is 1. The quantitative estimate of drug-likeness (QED) is 0.745. The maximum absolute atomic E-state index is 9.37. The monoisotopic (exact) mass is 294 g/mol. The van der Waals surface area contributed by atoms with E-state index in [1.165, 1.54) is 0 Å². The molecule has 0 saturated carbocycles. The molecule has 0 atom stereocenters. The van der Waals surface area contributed by atoms with Gasteiger partial charge in [0.2, 0.25) is 0 Å². The van der Waals surface area contributed by atoms with E-state index < -0.39 is 0 Å². The van der Waals surface area contributed by atoms with Crippen LogP contribution in [0.5, 0.6) is 5.75 Å². The van der Waals surface area contributed by atoms with E-state index in [1.54, 1.807) is 29.7 Å². The summed E-state index contributed by atoms with van der Waals surface area (Å²) in [5, 5.41) is 9.37. The summed E-state index contributed by atoms with van der Waals surface area (Å²) in [6.45, 7) is 0. The van der Waals surface area contributed by atoms with Crippen molar-refractivity contribution in [1.82, 2.24) is 9.38 Å². The first kappa shape index (κ1) is 9.86. The fourth-order valence-corrected chi connectivity index (χ4v) is 2.98. The van der Waals surface area contributed by atoms with Gasteiger partial charge in [0.25, 0.3) is 0 Å². The lowest BCUT2D eigenvalue weighted by molar-refractivity contribution is 0.475. The van der Waals surface area contributed by atoms with Gasteiger partial charge in [-0.05, 0) is 34.1 Å². The number of fused-ring (bicyclic) bond motifs is 1. The molecule has 0 aliphatic rings. The van der Waals surface area contributed by atoms with Gasteiger partial charge >= 0.3 is 0 Å². The van der Waals surface area contributed by atoms with Gasteiger partial charge in [0.15, 0.2) is 5.82 Å². The molecule has 0 radical (unpaired) electrons. The van der Waals surface area contributed by atoms with E-state index in [0.717, 1.165) is 20.0 Å². The average Bonchev–Trinajstić information content (AvgIpc) is 2.83. The second-order valence-corrected chi connectivity index (χ2v) is 5.83. The number of thiophene rings is 1. The second kappa shape index (κ2) is 3.61. The third kappa shape index (κ3) is 1.52. The Kier molecular flexibility index (Phi) is 2.22. The first-order valence-electron chi connectivity index (χ1n) is 4.66. The van der Waals surface area contributed by atoms with Crippen LogP contribution in [0.15, 0.2) is 40.4 Å². The van der Waals surface area contributed by atoms with E-state index in [1.807, 2.05) is 22.7 Å². The minimum absolute atomic E-state index is 0.256. The van der Waals surface area contributed by atoms with Crippen molar-refractivity contribution < 1.29 is 5.11 Å². The highest BCUT2D eigenvalue weighted by atomic mass is 79.9. The van der Waals surface area contributed by atoms with Crippen molar-refractivity contribution in [2.45, 2.75) is 0 Å². The molecule has 3 aromatic rings. The predicted octanol–water partition coefficient (Wildman–Crippen LogP) is 3.53. The van der Waals surface area contributed by atoms with Crippen LogP contribution in [-0.4, -0.2) is 14.5 Å². The molecule has 0 aliphatic carbocycles. The van der Waals surface area contributed by atoms with Gasteiger partial charge in [0.05, 0.1) is 20.4 Å². The lowest BCUT2D eigenvalue weighted by Gasteiger charge is -1.98. The van der Waals surface area contributed by atoms with Gasteiger partial charge in [-0.25, -0.2) is 4.98 Å². The molecule has 0 saturated heterocycles. The van der Waals surface area contributed by atoms with Gasteiger partial charge in [0, 0.05) is 12.3 Å². The minimum Gasteiger partial charge on any atom is -0.508 e. The van der Waals surface area contributed by atoms with Crippen LogP contribution in [0.2, 0.25) is 0 Å². The van der Waals surface area contributed by atoms with E-state index in [0.29, 0.717) is 0 Å². The first-order valence-corrected chi connectivity index (χ1v) is 6.27. The fraction of sp³-hybridized carbons (Fsp3) is 0. The van der Waals surface area contributed by atoms with Crippen LogP contribution in [-0.2, 0) is 0 Å².